The fourth-order valence-corrected chi connectivity index (χ4v) is 3.59. The molecule has 1 heterocycles. The molecule has 4 rings (SSSR count). The first-order valence-electron chi connectivity index (χ1n) is 9.98. The van der Waals surface area contributed by atoms with Gasteiger partial charge >= 0.3 is 0 Å². The number of aryl methyl sites for hydroxylation is 2. The van der Waals surface area contributed by atoms with Crippen molar-refractivity contribution in [2.75, 3.05) is 18.0 Å². The van der Waals surface area contributed by atoms with Crippen LogP contribution in [0.4, 0.5) is 5.69 Å². The molecule has 3 aromatic carbocycles. The Kier molecular flexibility index (Phi) is 5.44. The van der Waals surface area contributed by atoms with E-state index in [0.717, 1.165) is 28.0 Å². The van der Waals surface area contributed by atoms with E-state index in [1.54, 1.807) is 0 Å². The molecule has 2 nitrogen and oxygen atoms in total. The summed E-state index contributed by atoms with van der Waals surface area (Å²) < 4.78 is 0. The molecule has 0 spiro atoms. The summed E-state index contributed by atoms with van der Waals surface area (Å²) in [6.45, 7) is 5.37. The van der Waals surface area contributed by atoms with Crippen molar-refractivity contribution in [3.05, 3.63) is 112 Å². The van der Waals surface area contributed by atoms with Crippen molar-refractivity contribution in [2.24, 2.45) is 0 Å². The van der Waals surface area contributed by atoms with Crippen molar-refractivity contribution in [3.8, 4) is 0 Å². The molecule has 0 radical (unpaired) electrons. The number of ketones is 1. The normalized spacial score (nSPS) is 17.2. The van der Waals surface area contributed by atoms with Gasteiger partial charge in [0.15, 0.2) is 5.78 Å². The average Bonchev–Trinajstić information content (AvgIpc) is 2.74. The lowest BCUT2D eigenvalue weighted by atomic mass is 9.93. The molecule has 0 amide bonds. The van der Waals surface area contributed by atoms with Gasteiger partial charge in [-0.25, -0.2) is 0 Å². The van der Waals surface area contributed by atoms with E-state index < -0.39 is 0 Å². The highest BCUT2D eigenvalue weighted by Gasteiger charge is 2.26. The molecule has 2 heteroatoms. The van der Waals surface area contributed by atoms with E-state index in [1.165, 1.54) is 11.1 Å². The Morgan fingerprint density at radius 3 is 1.55 bits per heavy atom. The van der Waals surface area contributed by atoms with Gasteiger partial charge in [0.25, 0.3) is 0 Å². The quantitative estimate of drug-likeness (QED) is 0.531. The van der Waals surface area contributed by atoms with Crippen LogP contribution in [0.1, 0.15) is 22.3 Å². The largest absolute Gasteiger partial charge is 0.363 e. The van der Waals surface area contributed by atoms with E-state index in [1.807, 2.05) is 30.4 Å². The Morgan fingerprint density at radius 2 is 1.10 bits per heavy atom. The van der Waals surface area contributed by atoms with Crippen LogP contribution in [0.2, 0.25) is 0 Å². The highest BCUT2D eigenvalue weighted by molar-refractivity contribution is 6.15. The minimum absolute atomic E-state index is 0.137. The number of para-hydroxylation sites is 1. The molecular formula is C27H25NO. The molecule has 0 saturated carbocycles. The number of carbonyl (C=O) groups is 1. The number of piperidine rings is 1. The SMILES string of the molecule is Cc1ccc(/C=C2/CN(c3ccccc3)C/C(=C\c3ccc(C)cc3)C2=O)cc1. The molecule has 0 N–H and O–H groups in total. The Bertz CT molecular complexity index is 990. The summed E-state index contributed by atoms with van der Waals surface area (Å²) in [5.41, 5.74) is 7.32. The van der Waals surface area contributed by atoms with Crippen molar-refractivity contribution in [3.63, 3.8) is 0 Å². The monoisotopic (exact) mass is 379 g/mol. The summed E-state index contributed by atoms with van der Waals surface area (Å²) in [6.07, 6.45) is 4.06. The highest BCUT2D eigenvalue weighted by Crippen LogP contribution is 2.26. The molecular weight excluding hydrogens is 354 g/mol. The maximum absolute atomic E-state index is 13.3. The summed E-state index contributed by atoms with van der Waals surface area (Å²) in [6, 6.07) is 26.9. The molecule has 3 aromatic rings. The maximum atomic E-state index is 13.3. The molecule has 144 valence electrons. The van der Waals surface area contributed by atoms with E-state index in [9.17, 15) is 4.79 Å². The lowest BCUT2D eigenvalue weighted by Gasteiger charge is -2.31. The lowest BCUT2D eigenvalue weighted by Crippen LogP contribution is -2.37. The smallest absolute Gasteiger partial charge is 0.188 e. The predicted molar refractivity (Wildman–Crippen MR) is 122 cm³/mol. The molecule has 1 aliphatic heterocycles. The number of nitrogens with zero attached hydrogens (tertiary/aromatic N) is 1. The zero-order valence-electron chi connectivity index (χ0n) is 16.9. The van der Waals surface area contributed by atoms with E-state index in [0.29, 0.717) is 13.1 Å². The van der Waals surface area contributed by atoms with Gasteiger partial charge in [0.05, 0.1) is 0 Å². The molecule has 0 aliphatic carbocycles. The van der Waals surface area contributed by atoms with Crippen molar-refractivity contribution < 1.29 is 4.79 Å². The Hall–Kier alpha value is -3.39. The summed E-state index contributed by atoms with van der Waals surface area (Å²) in [5, 5.41) is 0. The van der Waals surface area contributed by atoms with Crippen LogP contribution in [0.25, 0.3) is 12.2 Å². The predicted octanol–water partition coefficient (Wildman–Crippen LogP) is 5.86. The topological polar surface area (TPSA) is 20.3 Å². The van der Waals surface area contributed by atoms with Gasteiger partial charge in [0.1, 0.15) is 0 Å². The fourth-order valence-electron chi connectivity index (χ4n) is 3.59. The maximum Gasteiger partial charge on any atom is 0.188 e. The third-order valence-corrected chi connectivity index (χ3v) is 5.26. The van der Waals surface area contributed by atoms with E-state index in [2.05, 4.69) is 79.4 Å². The molecule has 0 aromatic heterocycles. The summed E-state index contributed by atoms with van der Waals surface area (Å²) in [5.74, 6) is 0.137. The van der Waals surface area contributed by atoms with Crippen LogP contribution in [0.15, 0.2) is 90.0 Å². The van der Waals surface area contributed by atoms with E-state index in [-0.39, 0.29) is 5.78 Å². The van der Waals surface area contributed by atoms with Crippen LogP contribution in [0.3, 0.4) is 0 Å². The third kappa shape index (κ3) is 4.55. The number of benzene rings is 3. The number of carbonyl (C=O) groups excluding carboxylic acids is 1. The number of hydrogen-bond acceptors (Lipinski definition) is 2. The fraction of sp³-hybridized carbons (Fsp3) is 0.148. The van der Waals surface area contributed by atoms with Crippen LogP contribution >= 0.6 is 0 Å². The summed E-state index contributed by atoms with van der Waals surface area (Å²) in [4.78, 5) is 15.5. The number of rotatable bonds is 3. The zero-order valence-corrected chi connectivity index (χ0v) is 16.9. The molecule has 1 fully saturated rings. The van der Waals surface area contributed by atoms with Gasteiger partial charge in [-0.2, -0.15) is 0 Å². The van der Waals surface area contributed by atoms with Gasteiger partial charge in [-0.15, -0.1) is 0 Å². The van der Waals surface area contributed by atoms with Gasteiger partial charge in [-0.3, -0.25) is 4.79 Å². The minimum atomic E-state index is 0.137. The van der Waals surface area contributed by atoms with Gasteiger partial charge in [0.2, 0.25) is 0 Å². The van der Waals surface area contributed by atoms with Crippen molar-refractivity contribution >= 4 is 23.6 Å². The Labute approximate surface area is 172 Å². The number of anilines is 1. The molecule has 0 bridgehead atoms. The standard InChI is InChI=1S/C27H25NO/c1-20-8-12-22(13-9-20)16-24-18-28(26-6-4-3-5-7-26)19-25(27(24)29)17-23-14-10-21(2)11-15-23/h3-17H,18-19H2,1-2H3/b24-16-,25-17+. The van der Waals surface area contributed by atoms with Gasteiger partial charge in [-0.05, 0) is 49.3 Å². The molecule has 29 heavy (non-hydrogen) atoms. The average molecular weight is 380 g/mol. The first-order valence-corrected chi connectivity index (χ1v) is 9.98. The van der Waals surface area contributed by atoms with Crippen LogP contribution in [0.5, 0.6) is 0 Å². The zero-order chi connectivity index (χ0) is 20.2. The molecule has 1 saturated heterocycles. The summed E-state index contributed by atoms with van der Waals surface area (Å²) in [7, 11) is 0. The highest BCUT2D eigenvalue weighted by atomic mass is 16.1. The van der Waals surface area contributed by atoms with E-state index in [4.69, 9.17) is 0 Å². The van der Waals surface area contributed by atoms with Crippen molar-refractivity contribution in [1.29, 1.82) is 0 Å². The van der Waals surface area contributed by atoms with E-state index >= 15 is 0 Å². The Morgan fingerprint density at radius 1 is 0.655 bits per heavy atom. The molecule has 0 atom stereocenters. The third-order valence-electron chi connectivity index (χ3n) is 5.26. The molecule has 0 unspecified atom stereocenters. The first-order chi connectivity index (χ1) is 14.1. The number of Topliss-reactive ketones (excluding diaryl/α,β-unsaturated/α-hetero) is 1. The van der Waals surface area contributed by atoms with Gasteiger partial charge in [-0.1, -0.05) is 77.9 Å². The lowest BCUT2D eigenvalue weighted by molar-refractivity contribution is -0.112. The molecule has 1 aliphatic rings. The Balaban J connectivity index is 1.73. The first kappa shape index (κ1) is 18.9. The summed E-state index contributed by atoms with van der Waals surface area (Å²) >= 11 is 0. The van der Waals surface area contributed by atoms with Crippen molar-refractivity contribution in [2.45, 2.75) is 13.8 Å². The van der Waals surface area contributed by atoms with Gasteiger partial charge in [0, 0.05) is 29.9 Å². The van der Waals surface area contributed by atoms with Crippen LogP contribution in [-0.2, 0) is 4.79 Å². The second-order valence-electron chi connectivity index (χ2n) is 7.68. The van der Waals surface area contributed by atoms with Crippen LogP contribution < -0.4 is 4.90 Å². The second-order valence-corrected chi connectivity index (χ2v) is 7.68. The minimum Gasteiger partial charge on any atom is -0.363 e. The second kappa shape index (κ2) is 8.32. The van der Waals surface area contributed by atoms with Crippen LogP contribution in [0, 0.1) is 13.8 Å². The number of hydrogen-bond donors (Lipinski definition) is 0. The van der Waals surface area contributed by atoms with Gasteiger partial charge < -0.3 is 4.90 Å². The van der Waals surface area contributed by atoms with Crippen LogP contribution in [-0.4, -0.2) is 18.9 Å². The van der Waals surface area contributed by atoms with Crippen molar-refractivity contribution in [1.82, 2.24) is 0 Å².